The van der Waals surface area contributed by atoms with Gasteiger partial charge < -0.3 is 0 Å². The summed E-state index contributed by atoms with van der Waals surface area (Å²) >= 11 is 3.43. The SMILES string of the molecule is Cc1nn(-c2nccnc2N=[N+]=[N-])c(C)c1Br. The maximum Gasteiger partial charge on any atom is 0.182 e. The van der Waals surface area contributed by atoms with Gasteiger partial charge in [-0.2, -0.15) is 5.10 Å². The van der Waals surface area contributed by atoms with Crippen LogP contribution in [0.2, 0.25) is 0 Å². The van der Waals surface area contributed by atoms with E-state index in [0.29, 0.717) is 5.82 Å². The zero-order chi connectivity index (χ0) is 12.4. The van der Waals surface area contributed by atoms with Crippen LogP contribution in [0.4, 0.5) is 5.82 Å². The number of nitrogens with zero attached hydrogens (tertiary/aromatic N) is 7. The molecule has 0 saturated heterocycles. The lowest BCUT2D eigenvalue weighted by Crippen LogP contribution is -2.02. The maximum absolute atomic E-state index is 8.47. The Morgan fingerprint density at radius 1 is 1.35 bits per heavy atom. The van der Waals surface area contributed by atoms with Crippen LogP contribution in [0, 0.1) is 13.8 Å². The molecule has 0 bridgehead atoms. The Morgan fingerprint density at radius 3 is 2.65 bits per heavy atom. The molecule has 0 aliphatic heterocycles. The number of azide groups is 1. The average Bonchev–Trinajstić information content (AvgIpc) is 2.58. The molecule has 2 rings (SSSR count). The lowest BCUT2D eigenvalue weighted by molar-refractivity contribution is 0.799. The number of aryl methyl sites for hydroxylation is 1. The number of rotatable bonds is 2. The van der Waals surface area contributed by atoms with Crippen LogP contribution in [0.5, 0.6) is 0 Å². The molecule has 17 heavy (non-hydrogen) atoms. The molecule has 0 aliphatic rings. The van der Waals surface area contributed by atoms with E-state index in [1.807, 2.05) is 13.8 Å². The van der Waals surface area contributed by atoms with Crippen molar-refractivity contribution in [1.82, 2.24) is 19.7 Å². The highest BCUT2D eigenvalue weighted by Crippen LogP contribution is 2.25. The topological polar surface area (TPSA) is 92.4 Å². The van der Waals surface area contributed by atoms with Crippen LogP contribution < -0.4 is 0 Å². The van der Waals surface area contributed by atoms with E-state index in [-0.39, 0.29) is 5.82 Å². The van der Waals surface area contributed by atoms with Crippen molar-refractivity contribution in [1.29, 1.82) is 0 Å². The first-order valence-corrected chi connectivity index (χ1v) is 5.52. The standard InChI is InChI=1S/C9H8BrN7/c1-5-7(10)6(2)17(15-5)9-8(14-16-11)12-3-4-13-9/h3-4H,1-2H3. The van der Waals surface area contributed by atoms with Crippen LogP contribution in [0.15, 0.2) is 22.0 Å². The summed E-state index contributed by atoms with van der Waals surface area (Å²) in [5.41, 5.74) is 10.2. The lowest BCUT2D eigenvalue weighted by Gasteiger charge is -2.04. The van der Waals surface area contributed by atoms with Gasteiger partial charge in [0, 0.05) is 17.3 Å². The zero-order valence-electron chi connectivity index (χ0n) is 9.16. The normalized spacial score (nSPS) is 10.1. The van der Waals surface area contributed by atoms with Crippen LogP contribution in [0.3, 0.4) is 0 Å². The Kier molecular flexibility index (Phi) is 3.08. The highest BCUT2D eigenvalue weighted by atomic mass is 79.9. The van der Waals surface area contributed by atoms with Gasteiger partial charge in [-0.3, -0.25) is 0 Å². The number of aromatic nitrogens is 4. The highest BCUT2D eigenvalue weighted by Gasteiger charge is 2.14. The van der Waals surface area contributed by atoms with E-state index in [9.17, 15) is 0 Å². The van der Waals surface area contributed by atoms with Gasteiger partial charge in [0.05, 0.1) is 15.9 Å². The largest absolute Gasteiger partial charge is 0.249 e. The molecule has 0 unspecified atom stereocenters. The molecule has 2 aromatic heterocycles. The first-order chi connectivity index (χ1) is 8.15. The van der Waals surface area contributed by atoms with Gasteiger partial charge >= 0.3 is 0 Å². The minimum absolute atomic E-state index is 0.202. The lowest BCUT2D eigenvalue weighted by atomic mass is 10.4. The minimum atomic E-state index is 0.202. The molecule has 2 heterocycles. The predicted molar refractivity (Wildman–Crippen MR) is 65.1 cm³/mol. The van der Waals surface area contributed by atoms with Crippen molar-refractivity contribution in [2.45, 2.75) is 13.8 Å². The van der Waals surface area contributed by atoms with Crippen molar-refractivity contribution in [3.05, 3.63) is 38.7 Å². The van der Waals surface area contributed by atoms with Crippen molar-refractivity contribution in [2.75, 3.05) is 0 Å². The van der Waals surface area contributed by atoms with Gasteiger partial charge in [-0.25, -0.2) is 14.6 Å². The Morgan fingerprint density at radius 2 is 2.06 bits per heavy atom. The molecular weight excluding hydrogens is 286 g/mol. The van der Waals surface area contributed by atoms with E-state index >= 15 is 0 Å². The molecule has 7 nitrogen and oxygen atoms in total. The molecule has 86 valence electrons. The van der Waals surface area contributed by atoms with Crippen molar-refractivity contribution in [2.24, 2.45) is 5.11 Å². The number of halogens is 1. The van der Waals surface area contributed by atoms with Crippen LogP contribution in [-0.4, -0.2) is 19.7 Å². The fraction of sp³-hybridized carbons (Fsp3) is 0.222. The van der Waals surface area contributed by atoms with E-state index in [2.05, 4.69) is 41.0 Å². The molecule has 0 fully saturated rings. The maximum atomic E-state index is 8.47. The third kappa shape index (κ3) is 2.00. The first-order valence-electron chi connectivity index (χ1n) is 4.73. The predicted octanol–water partition coefficient (Wildman–Crippen LogP) is 2.98. The summed E-state index contributed by atoms with van der Waals surface area (Å²) in [4.78, 5) is 10.8. The fourth-order valence-electron chi connectivity index (χ4n) is 1.42. The molecule has 0 atom stereocenters. The van der Waals surface area contributed by atoms with Gasteiger partial charge in [-0.1, -0.05) is 0 Å². The van der Waals surface area contributed by atoms with Gasteiger partial charge in [0.25, 0.3) is 0 Å². The molecule has 0 amide bonds. The number of hydrogen-bond acceptors (Lipinski definition) is 4. The summed E-state index contributed by atoms with van der Waals surface area (Å²) < 4.78 is 2.49. The third-order valence-corrected chi connectivity index (χ3v) is 3.35. The Bertz CT molecular complexity index is 612. The molecular formula is C9H8BrN7. The van der Waals surface area contributed by atoms with E-state index < -0.39 is 0 Å². The third-order valence-electron chi connectivity index (χ3n) is 2.20. The van der Waals surface area contributed by atoms with E-state index in [1.165, 1.54) is 12.4 Å². The molecule has 0 radical (unpaired) electrons. The summed E-state index contributed by atoms with van der Waals surface area (Å²) in [5.74, 6) is 0.615. The van der Waals surface area contributed by atoms with Gasteiger partial charge in [0.15, 0.2) is 11.6 Å². The summed E-state index contributed by atoms with van der Waals surface area (Å²) in [6, 6.07) is 0. The quantitative estimate of drug-likeness (QED) is 0.484. The summed E-state index contributed by atoms with van der Waals surface area (Å²) in [6.07, 6.45) is 2.99. The van der Waals surface area contributed by atoms with Gasteiger partial charge in [0.2, 0.25) is 0 Å². The van der Waals surface area contributed by atoms with Gasteiger partial charge in [-0.15, -0.1) is 0 Å². The fourth-order valence-corrected chi connectivity index (χ4v) is 1.66. The van der Waals surface area contributed by atoms with Crippen molar-refractivity contribution in [3.63, 3.8) is 0 Å². The molecule has 0 aliphatic carbocycles. The summed E-state index contributed by atoms with van der Waals surface area (Å²) in [7, 11) is 0. The van der Waals surface area contributed by atoms with Crippen LogP contribution >= 0.6 is 15.9 Å². The van der Waals surface area contributed by atoms with Crippen molar-refractivity contribution >= 4 is 21.7 Å². The zero-order valence-corrected chi connectivity index (χ0v) is 10.7. The molecule has 0 spiro atoms. The molecule has 0 aromatic carbocycles. The molecule has 0 N–H and O–H groups in total. The number of hydrogen-bond donors (Lipinski definition) is 0. The Balaban J connectivity index is 2.68. The minimum Gasteiger partial charge on any atom is -0.249 e. The second-order valence-electron chi connectivity index (χ2n) is 3.29. The second kappa shape index (κ2) is 4.52. The summed E-state index contributed by atoms with van der Waals surface area (Å²) in [6.45, 7) is 3.76. The summed E-state index contributed by atoms with van der Waals surface area (Å²) in [5, 5.41) is 7.80. The first kappa shape index (κ1) is 11.6. The van der Waals surface area contributed by atoms with E-state index in [0.717, 1.165) is 15.9 Å². The van der Waals surface area contributed by atoms with Crippen LogP contribution in [0.25, 0.3) is 16.3 Å². The van der Waals surface area contributed by atoms with Crippen molar-refractivity contribution < 1.29 is 0 Å². The molecule has 0 saturated carbocycles. The second-order valence-corrected chi connectivity index (χ2v) is 4.08. The van der Waals surface area contributed by atoms with Gasteiger partial charge in [0.1, 0.15) is 0 Å². The van der Waals surface area contributed by atoms with Gasteiger partial charge in [-0.05, 0) is 40.4 Å². The average molecular weight is 294 g/mol. The Labute approximate surface area is 105 Å². The smallest absolute Gasteiger partial charge is 0.182 e. The van der Waals surface area contributed by atoms with E-state index in [1.54, 1.807) is 4.68 Å². The van der Waals surface area contributed by atoms with Crippen LogP contribution in [0.1, 0.15) is 11.4 Å². The highest BCUT2D eigenvalue weighted by molar-refractivity contribution is 9.10. The Hall–Kier alpha value is -1.92. The van der Waals surface area contributed by atoms with Crippen molar-refractivity contribution in [3.8, 4) is 5.82 Å². The molecule has 8 heteroatoms. The monoisotopic (exact) mass is 293 g/mol. The van der Waals surface area contributed by atoms with E-state index in [4.69, 9.17) is 5.53 Å². The van der Waals surface area contributed by atoms with Crippen LogP contribution in [-0.2, 0) is 0 Å². The molecule has 2 aromatic rings.